The Morgan fingerprint density at radius 3 is 2.60 bits per heavy atom. The van der Waals surface area contributed by atoms with Crippen LogP contribution < -0.4 is 4.74 Å². The largest absolute Gasteiger partial charge is 0.435 e. The first kappa shape index (κ1) is 23.3. The molecule has 1 saturated carbocycles. The topological polar surface area (TPSA) is 126 Å². The van der Waals surface area contributed by atoms with Gasteiger partial charge >= 0.3 is 0 Å². The van der Waals surface area contributed by atoms with Crippen LogP contribution in [0.5, 0.6) is 11.6 Å². The Balaban J connectivity index is 1.34. The first-order valence-corrected chi connectivity index (χ1v) is 13.3. The van der Waals surface area contributed by atoms with E-state index in [1.807, 2.05) is 18.5 Å². The SMILES string of the molecule is CC(C)c1noc(C2CCC(n3ncc4c(Oc5ccc(S(C)(=O)=O)cc5F)ncnc43)CC2)n1. The third-order valence-electron chi connectivity index (χ3n) is 6.26. The minimum atomic E-state index is -3.53. The molecule has 0 bridgehead atoms. The van der Waals surface area contributed by atoms with Crippen molar-refractivity contribution in [2.45, 2.75) is 62.3 Å². The molecule has 3 heterocycles. The van der Waals surface area contributed by atoms with Gasteiger partial charge in [-0.2, -0.15) is 10.1 Å². The zero-order valence-corrected chi connectivity index (χ0v) is 20.4. The molecule has 35 heavy (non-hydrogen) atoms. The van der Waals surface area contributed by atoms with Crippen molar-refractivity contribution in [2.75, 3.05) is 6.26 Å². The molecule has 184 valence electrons. The summed E-state index contributed by atoms with van der Waals surface area (Å²) < 4.78 is 50.9. The average Bonchev–Trinajstić information content (AvgIpc) is 3.48. The summed E-state index contributed by atoms with van der Waals surface area (Å²) in [4.78, 5) is 12.9. The normalized spacial score (nSPS) is 18.9. The van der Waals surface area contributed by atoms with E-state index in [2.05, 4.69) is 25.2 Å². The number of hydrogen-bond donors (Lipinski definition) is 0. The third-order valence-corrected chi connectivity index (χ3v) is 7.37. The predicted octanol–water partition coefficient (Wildman–Crippen LogP) is 4.57. The van der Waals surface area contributed by atoms with Crippen molar-refractivity contribution >= 4 is 20.9 Å². The standard InChI is InChI=1S/C23H25FN6O4S/c1-13(2)20-28-22(34-29-20)14-4-6-15(7-5-14)30-21-17(11-27-30)23(26-12-25-21)33-19-9-8-16(10-18(19)24)35(3,31)32/h8-15H,4-7H2,1-3H3. The Kier molecular flexibility index (Phi) is 5.99. The number of rotatable bonds is 6. The van der Waals surface area contributed by atoms with E-state index >= 15 is 0 Å². The number of aromatic nitrogens is 6. The van der Waals surface area contributed by atoms with Gasteiger partial charge in [0.25, 0.3) is 0 Å². The molecule has 0 saturated heterocycles. The lowest BCUT2D eigenvalue weighted by atomic mass is 9.86. The van der Waals surface area contributed by atoms with Gasteiger partial charge in [0.2, 0.25) is 11.8 Å². The van der Waals surface area contributed by atoms with E-state index in [-0.39, 0.29) is 34.4 Å². The molecule has 1 aromatic carbocycles. The van der Waals surface area contributed by atoms with Crippen molar-refractivity contribution in [1.29, 1.82) is 0 Å². The summed E-state index contributed by atoms with van der Waals surface area (Å²) >= 11 is 0. The molecule has 12 heteroatoms. The number of nitrogens with zero attached hydrogens (tertiary/aromatic N) is 6. The molecular formula is C23H25FN6O4S. The van der Waals surface area contributed by atoms with Crippen LogP contribution in [0.15, 0.2) is 40.1 Å². The highest BCUT2D eigenvalue weighted by Gasteiger charge is 2.29. The van der Waals surface area contributed by atoms with Gasteiger partial charge in [0.15, 0.2) is 32.9 Å². The molecule has 1 fully saturated rings. The van der Waals surface area contributed by atoms with Gasteiger partial charge in [0, 0.05) is 18.1 Å². The molecule has 0 radical (unpaired) electrons. The summed E-state index contributed by atoms with van der Waals surface area (Å²) in [7, 11) is -3.53. The minimum absolute atomic E-state index is 0.125. The molecule has 0 unspecified atom stereocenters. The lowest BCUT2D eigenvalue weighted by Gasteiger charge is -2.26. The lowest BCUT2D eigenvalue weighted by molar-refractivity contribution is 0.263. The van der Waals surface area contributed by atoms with Crippen LogP contribution in [0.25, 0.3) is 11.0 Å². The molecule has 10 nitrogen and oxygen atoms in total. The first-order chi connectivity index (χ1) is 16.7. The highest BCUT2D eigenvalue weighted by molar-refractivity contribution is 7.90. The summed E-state index contributed by atoms with van der Waals surface area (Å²) in [6.45, 7) is 4.07. The molecule has 1 aliphatic rings. The van der Waals surface area contributed by atoms with Crippen LogP contribution in [0.2, 0.25) is 0 Å². The van der Waals surface area contributed by atoms with E-state index in [0.717, 1.165) is 43.8 Å². The highest BCUT2D eigenvalue weighted by atomic mass is 32.2. The quantitative estimate of drug-likeness (QED) is 0.374. The number of fused-ring (bicyclic) bond motifs is 1. The number of halogens is 1. The van der Waals surface area contributed by atoms with Crippen molar-refractivity contribution in [3.8, 4) is 11.6 Å². The third kappa shape index (κ3) is 4.62. The van der Waals surface area contributed by atoms with E-state index in [1.165, 1.54) is 18.5 Å². The molecule has 0 amide bonds. The zero-order chi connectivity index (χ0) is 24.7. The molecular weight excluding hydrogens is 475 g/mol. The molecule has 1 aliphatic carbocycles. The highest BCUT2D eigenvalue weighted by Crippen LogP contribution is 2.39. The van der Waals surface area contributed by atoms with Gasteiger partial charge in [-0.1, -0.05) is 19.0 Å². The number of sulfone groups is 1. The predicted molar refractivity (Wildman–Crippen MR) is 124 cm³/mol. The monoisotopic (exact) mass is 500 g/mol. The van der Waals surface area contributed by atoms with Gasteiger partial charge < -0.3 is 9.26 Å². The Morgan fingerprint density at radius 2 is 1.94 bits per heavy atom. The van der Waals surface area contributed by atoms with Gasteiger partial charge in [-0.15, -0.1) is 0 Å². The molecule has 0 N–H and O–H groups in total. The first-order valence-electron chi connectivity index (χ1n) is 11.4. The maximum Gasteiger partial charge on any atom is 0.233 e. The maximum absolute atomic E-state index is 14.5. The summed E-state index contributed by atoms with van der Waals surface area (Å²) in [6.07, 6.45) is 7.47. The molecule has 0 spiro atoms. The van der Waals surface area contributed by atoms with Crippen molar-refractivity contribution in [1.82, 2.24) is 29.9 Å². The van der Waals surface area contributed by atoms with Gasteiger partial charge in [-0.3, -0.25) is 0 Å². The Labute approximate surface area is 201 Å². The number of hydrogen-bond acceptors (Lipinski definition) is 9. The van der Waals surface area contributed by atoms with E-state index in [1.54, 1.807) is 6.20 Å². The zero-order valence-electron chi connectivity index (χ0n) is 19.5. The fourth-order valence-electron chi connectivity index (χ4n) is 4.30. The van der Waals surface area contributed by atoms with Crippen LogP contribution in [0.3, 0.4) is 0 Å². The smallest absolute Gasteiger partial charge is 0.233 e. The van der Waals surface area contributed by atoms with Crippen LogP contribution in [-0.4, -0.2) is 44.6 Å². The van der Waals surface area contributed by atoms with Gasteiger partial charge in [-0.05, 0) is 43.9 Å². The fourth-order valence-corrected chi connectivity index (χ4v) is 4.94. The van der Waals surface area contributed by atoms with E-state index in [0.29, 0.717) is 16.9 Å². The number of ether oxygens (including phenoxy) is 1. The second kappa shape index (κ2) is 8.99. The Morgan fingerprint density at radius 1 is 1.17 bits per heavy atom. The van der Waals surface area contributed by atoms with E-state index < -0.39 is 15.7 Å². The lowest BCUT2D eigenvalue weighted by Crippen LogP contribution is -2.18. The van der Waals surface area contributed by atoms with Gasteiger partial charge in [-0.25, -0.2) is 27.5 Å². The van der Waals surface area contributed by atoms with Crippen molar-refractivity contribution in [3.05, 3.63) is 48.3 Å². The maximum atomic E-state index is 14.5. The van der Waals surface area contributed by atoms with Crippen LogP contribution in [0.1, 0.15) is 69.1 Å². The van der Waals surface area contributed by atoms with Gasteiger partial charge in [0.1, 0.15) is 11.7 Å². The van der Waals surface area contributed by atoms with Crippen molar-refractivity contribution < 1.29 is 22.1 Å². The summed E-state index contributed by atoms with van der Waals surface area (Å²) in [5.74, 6) is 1.08. The summed E-state index contributed by atoms with van der Waals surface area (Å²) in [6, 6.07) is 3.62. The molecule has 5 rings (SSSR count). The molecule has 0 atom stereocenters. The molecule has 4 aromatic rings. The minimum Gasteiger partial charge on any atom is -0.435 e. The Bertz CT molecular complexity index is 1470. The molecule has 0 aliphatic heterocycles. The van der Waals surface area contributed by atoms with E-state index in [9.17, 15) is 12.8 Å². The summed E-state index contributed by atoms with van der Waals surface area (Å²) in [5, 5.41) is 9.14. The fraction of sp³-hybridized carbons (Fsp3) is 0.435. The van der Waals surface area contributed by atoms with Gasteiger partial charge in [0.05, 0.1) is 17.1 Å². The van der Waals surface area contributed by atoms with Crippen LogP contribution in [0, 0.1) is 5.82 Å². The Hall–Kier alpha value is -3.41. The van der Waals surface area contributed by atoms with Crippen LogP contribution in [-0.2, 0) is 9.84 Å². The second-order valence-corrected chi connectivity index (χ2v) is 11.1. The average molecular weight is 501 g/mol. The van der Waals surface area contributed by atoms with Crippen molar-refractivity contribution in [2.24, 2.45) is 0 Å². The van der Waals surface area contributed by atoms with Crippen LogP contribution in [0.4, 0.5) is 4.39 Å². The van der Waals surface area contributed by atoms with Crippen molar-refractivity contribution in [3.63, 3.8) is 0 Å². The van der Waals surface area contributed by atoms with Crippen LogP contribution >= 0.6 is 0 Å². The number of benzene rings is 1. The second-order valence-electron chi connectivity index (χ2n) is 9.12. The molecule has 3 aromatic heterocycles. The van der Waals surface area contributed by atoms with E-state index in [4.69, 9.17) is 9.26 Å². The summed E-state index contributed by atoms with van der Waals surface area (Å²) in [5.41, 5.74) is 0.589.